The molecule has 4 heteroatoms. The molecule has 0 N–H and O–H groups in total. The Bertz CT molecular complexity index is 16.9. The van der Waals surface area contributed by atoms with Crippen LogP contribution in [-0.4, -0.2) is 28.2 Å². The maximum absolute atomic E-state index is 4.64. The summed E-state index contributed by atoms with van der Waals surface area (Å²) in [4.78, 5) is 0. The van der Waals surface area contributed by atoms with Crippen molar-refractivity contribution in [3.63, 3.8) is 0 Å². The first kappa shape index (κ1) is 22.5. The van der Waals surface area contributed by atoms with E-state index in [2.05, 4.69) is 19.9 Å². The van der Waals surface area contributed by atoms with Crippen LogP contribution in [0.1, 0.15) is 0 Å². The van der Waals surface area contributed by atoms with Crippen LogP contribution in [0.5, 0.6) is 0 Å². The molecule has 0 saturated carbocycles. The van der Waals surface area contributed by atoms with Gasteiger partial charge in [0, 0.05) is 0 Å². The number of rotatable bonds is 0. The molecule has 0 rings (SSSR count). The Morgan fingerprint density at radius 1 is 0.889 bits per heavy atom. The number of hydrogen-bond acceptors (Lipinski definition) is 0. The SMILES string of the molecule is C[N-]C.C[N-]C.[CH3-].[Cl][Ti+3]. The van der Waals surface area contributed by atoms with Gasteiger partial charge in [-0.1, -0.05) is 0 Å². The Morgan fingerprint density at radius 3 is 0.889 bits per heavy atom. The molecule has 0 heterocycles. The molecule has 0 saturated heterocycles. The Balaban J connectivity index is -0.0000000202. The van der Waals surface area contributed by atoms with Gasteiger partial charge in [0.2, 0.25) is 0 Å². The molecule has 0 unspecified atom stereocenters. The topological polar surface area (TPSA) is 28.2 Å². The number of hydrogen-bond donors (Lipinski definition) is 0. The van der Waals surface area contributed by atoms with Crippen molar-refractivity contribution >= 4 is 9.30 Å². The molecule has 0 amide bonds. The van der Waals surface area contributed by atoms with Gasteiger partial charge in [0.25, 0.3) is 0 Å². The van der Waals surface area contributed by atoms with Gasteiger partial charge in [-0.25, -0.2) is 0 Å². The van der Waals surface area contributed by atoms with Crippen LogP contribution in [0.2, 0.25) is 0 Å². The molecular formula is C5H15ClN2Ti. The van der Waals surface area contributed by atoms with E-state index in [-0.39, 0.29) is 7.43 Å². The van der Waals surface area contributed by atoms with Crippen LogP contribution in [0.25, 0.3) is 10.6 Å². The molecule has 2 nitrogen and oxygen atoms in total. The van der Waals surface area contributed by atoms with Crippen molar-refractivity contribution in [1.29, 1.82) is 0 Å². The zero-order valence-corrected chi connectivity index (χ0v) is 9.09. The quantitative estimate of drug-likeness (QED) is 0.411. The van der Waals surface area contributed by atoms with E-state index in [1.165, 1.54) is 19.4 Å². The van der Waals surface area contributed by atoms with E-state index in [4.69, 9.17) is 0 Å². The molecule has 0 aromatic rings. The Kier molecular flexibility index (Phi) is 164. The van der Waals surface area contributed by atoms with E-state index in [9.17, 15) is 0 Å². The average Bonchev–Trinajstić information content (AvgIpc) is 1.75. The van der Waals surface area contributed by atoms with Gasteiger partial charge < -0.3 is 18.1 Å². The van der Waals surface area contributed by atoms with Gasteiger partial charge in [-0.05, 0) is 0 Å². The molecule has 0 aromatic heterocycles. The van der Waals surface area contributed by atoms with Crippen LogP contribution in [0.3, 0.4) is 0 Å². The fraction of sp³-hybridized carbons (Fsp3) is 0.800. The standard InChI is InChI=1S/2C2H6N.CH3.ClH.Ti/c2*1-3-2;;;/h2*1-2H3;1H3;1H;/q3*-1;;+4/p-1. The number of nitrogens with zero attached hydrogens (tertiary/aromatic N) is 2. The summed E-state index contributed by atoms with van der Waals surface area (Å²) < 4.78 is 0. The summed E-state index contributed by atoms with van der Waals surface area (Å²) >= 11 is 1.47. The van der Waals surface area contributed by atoms with Crippen molar-refractivity contribution in [3.05, 3.63) is 18.1 Å². The van der Waals surface area contributed by atoms with E-state index in [1.54, 1.807) is 28.2 Å². The fourth-order valence-corrected chi connectivity index (χ4v) is 0. The van der Waals surface area contributed by atoms with Crippen LogP contribution in [0.4, 0.5) is 0 Å². The Morgan fingerprint density at radius 2 is 0.889 bits per heavy atom. The summed E-state index contributed by atoms with van der Waals surface area (Å²) in [6, 6.07) is 0. The molecule has 0 spiro atoms. The minimum absolute atomic E-state index is 0. The average molecular weight is 187 g/mol. The van der Waals surface area contributed by atoms with Gasteiger partial charge in [-0.15, -0.1) is 0 Å². The van der Waals surface area contributed by atoms with Gasteiger partial charge in [0.15, 0.2) is 0 Å². The summed E-state index contributed by atoms with van der Waals surface area (Å²) in [6.45, 7) is 0. The van der Waals surface area contributed by atoms with E-state index in [0.29, 0.717) is 0 Å². The third-order valence-electron chi connectivity index (χ3n) is 0. The number of halogens is 1. The molecule has 0 radical (unpaired) electrons. The second-order valence-corrected chi connectivity index (χ2v) is 0.894. The van der Waals surface area contributed by atoms with Gasteiger partial charge in [0.05, 0.1) is 0 Å². The molecule has 0 aliphatic carbocycles. The second-order valence-electron chi connectivity index (χ2n) is 0.894. The zero-order valence-electron chi connectivity index (χ0n) is 6.77. The molecule has 0 bridgehead atoms. The van der Waals surface area contributed by atoms with Crippen molar-refractivity contribution in [2.24, 2.45) is 0 Å². The summed E-state index contributed by atoms with van der Waals surface area (Å²) in [6.07, 6.45) is 0. The van der Waals surface area contributed by atoms with E-state index < -0.39 is 0 Å². The molecular weight excluding hydrogens is 171 g/mol. The predicted octanol–water partition coefficient (Wildman–Crippen LogP) is 2.38. The van der Waals surface area contributed by atoms with Crippen LogP contribution in [0, 0.1) is 7.43 Å². The third-order valence-corrected chi connectivity index (χ3v) is 0. The third kappa shape index (κ3) is 501. The molecule has 0 aliphatic rings. The first-order valence-electron chi connectivity index (χ1n) is 1.98. The first-order chi connectivity index (χ1) is 3.83. The maximum atomic E-state index is 4.64. The summed E-state index contributed by atoms with van der Waals surface area (Å²) in [5, 5.41) is 7.00. The predicted molar refractivity (Wildman–Crippen MR) is 42.7 cm³/mol. The van der Waals surface area contributed by atoms with Gasteiger partial charge in [0.1, 0.15) is 0 Å². The van der Waals surface area contributed by atoms with Crippen LogP contribution >= 0.6 is 9.30 Å². The van der Waals surface area contributed by atoms with Crippen LogP contribution in [-0.2, 0) is 19.4 Å². The summed E-state index contributed by atoms with van der Waals surface area (Å²) in [5.41, 5.74) is 0. The van der Waals surface area contributed by atoms with E-state index >= 15 is 0 Å². The van der Waals surface area contributed by atoms with Crippen molar-refractivity contribution in [3.8, 4) is 0 Å². The zero-order chi connectivity index (χ0) is 7.41. The van der Waals surface area contributed by atoms with Gasteiger partial charge in [-0.2, -0.15) is 28.2 Å². The molecule has 9 heavy (non-hydrogen) atoms. The van der Waals surface area contributed by atoms with Crippen molar-refractivity contribution < 1.29 is 19.4 Å². The van der Waals surface area contributed by atoms with Crippen molar-refractivity contribution in [2.45, 2.75) is 0 Å². The Hall–Kier alpha value is 0.924. The van der Waals surface area contributed by atoms with Crippen molar-refractivity contribution in [1.82, 2.24) is 0 Å². The minimum atomic E-state index is 0. The summed E-state index contributed by atoms with van der Waals surface area (Å²) in [7, 11) is 11.6. The normalized spacial score (nSPS) is 4.78. The second kappa shape index (κ2) is 65.5. The van der Waals surface area contributed by atoms with Gasteiger partial charge in [-0.3, -0.25) is 0 Å². The molecule has 0 fully saturated rings. The first-order valence-corrected chi connectivity index (χ1v) is 4.13. The molecule has 0 aromatic carbocycles. The van der Waals surface area contributed by atoms with Crippen LogP contribution < -0.4 is 0 Å². The molecule has 0 atom stereocenters. The monoisotopic (exact) mass is 186 g/mol. The molecule has 56 valence electrons. The fourth-order valence-electron chi connectivity index (χ4n) is 0. The Labute approximate surface area is 75.0 Å². The van der Waals surface area contributed by atoms with Crippen LogP contribution in [0.15, 0.2) is 0 Å². The van der Waals surface area contributed by atoms with E-state index in [0.717, 1.165) is 0 Å². The van der Waals surface area contributed by atoms with E-state index in [1.807, 2.05) is 0 Å². The van der Waals surface area contributed by atoms with Gasteiger partial charge >= 0.3 is 28.7 Å². The molecule has 0 aliphatic heterocycles. The van der Waals surface area contributed by atoms with Crippen molar-refractivity contribution in [2.75, 3.05) is 28.2 Å². The summed E-state index contributed by atoms with van der Waals surface area (Å²) in [5.74, 6) is 0.